The number of nitrogens with zero attached hydrogens (tertiary/aromatic N) is 5. The van der Waals surface area contributed by atoms with Crippen LogP contribution in [0.2, 0.25) is 0 Å². The first-order chi connectivity index (χ1) is 11.6. The van der Waals surface area contributed by atoms with Gasteiger partial charge in [-0.05, 0) is 31.7 Å². The van der Waals surface area contributed by atoms with Crippen molar-refractivity contribution in [2.24, 2.45) is 13.0 Å². The Labute approximate surface area is 141 Å². The topological polar surface area (TPSA) is 68.0 Å². The van der Waals surface area contributed by atoms with Crippen molar-refractivity contribution in [1.29, 1.82) is 0 Å². The molecule has 7 heteroatoms. The Kier molecular flexibility index (Phi) is 3.88. The van der Waals surface area contributed by atoms with Crippen LogP contribution in [0, 0.1) is 12.8 Å². The third-order valence-electron chi connectivity index (χ3n) is 4.95. The molecule has 2 aromatic rings. The summed E-state index contributed by atoms with van der Waals surface area (Å²) in [5.74, 6) is 0.792. The van der Waals surface area contributed by atoms with Crippen molar-refractivity contribution < 1.29 is 4.79 Å². The SMILES string of the molecule is Cc1cc(CN2Cc3cncn3[C@H](C(=O)NCC3CC3)C2)n(C)n1. The largest absolute Gasteiger partial charge is 0.354 e. The number of rotatable bonds is 5. The summed E-state index contributed by atoms with van der Waals surface area (Å²) >= 11 is 0. The quantitative estimate of drug-likeness (QED) is 0.889. The van der Waals surface area contributed by atoms with Crippen LogP contribution in [0.3, 0.4) is 0 Å². The maximum atomic E-state index is 12.7. The number of aryl methyl sites for hydroxylation is 2. The number of carbonyl (C=O) groups is 1. The molecule has 2 aliphatic rings. The zero-order valence-electron chi connectivity index (χ0n) is 14.3. The number of hydrogen-bond donors (Lipinski definition) is 1. The van der Waals surface area contributed by atoms with Gasteiger partial charge in [-0.15, -0.1) is 0 Å². The fourth-order valence-corrected chi connectivity index (χ4v) is 3.42. The molecule has 4 rings (SSSR count). The second-order valence-corrected chi connectivity index (χ2v) is 7.07. The molecule has 0 radical (unpaired) electrons. The van der Waals surface area contributed by atoms with E-state index in [1.807, 2.05) is 29.4 Å². The van der Waals surface area contributed by atoms with Gasteiger partial charge in [0.05, 0.1) is 23.4 Å². The van der Waals surface area contributed by atoms with Crippen LogP contribution in [-0.2, 0) is 24.9 Å². The minimum Gasteiger partial charge on any atom is -0.354 e. The fourth-order valence-electron chi connectivity index (χ4n) is 3.42. The number of imidazole rings is 1. The summed E-state index contributed by atoms with van der Waals surface area (Å²) in [5, 5.41) is 7.53. The average molecular weight is 328 g/mol. The summed E-state index contributed by atoms with van der Waals surface area (Å²) in [7, 11) is 1.97. The second kappa shape index (κ2) is 6.05. The van der Waals surface area contributed by atoms with Crippen LogP contribution < -0.4 is 5.32 Å². The third-order valence-corrected chi connectivity index (χ3v) is 4.95. The van der Waals surface area contributed by atoms with E-state index in [4.69, 9.17) is 0 Å². The van der Waals surface area contributed by atoms with E-state index in [0.717, 1.165) is 36.7 Å². The minimum atomic E-state index is -0.204. The molecule has 24 heavy (non-hydrogen) atoms. The highest BCUT2D eigenvalue weighted by Crippen LogP contribution is 2.28. The van der Waals surface area contributed by atoms with Gasteiger partial charge in [0.1, 0.15) is 6.04 Å². The Morgan fingerprint density at radius 1 is 1.42 bits per heavy atom. The van der Waals surface area contributed by atoms with Gasteiger partial charge in [0.15, 0.2) is 0 Å². The number of aromatic nitrogens is 4. The molecule has 1 N–H and O–H groups in total. The minimum absolute atomic E-state index is 0.104. The molecular weight excluding hydrogens is 304 g/mol. The fraction of sp³-hybridized carbons (Fsp3) is 0.588. The molecule has 1 amide bonds. The van der Waals surface area contributed by atoms with Crippen molar-refractivity contribution in [1.82, 2.24) is 29.5 Å². The van der Waals surface area contributed by atoms with E-state index in [1.54, 1.807) is 6.33 Å². The number of hydrogen-bond acceptors (Lipinski definition) is 4. The smallest absolute Gasteiger partial charge is 0.244 e. The summed E-state index contributed by atoms with van der Waals surface area (Å²) in [6.45, 7) is 5.10. The van der Waals surface area contributed by atoms with Gasteiger partial charge in [0.25, 0.3) is 0 Å². The number of fused-ring (bicyclic) bond motifs is 1. The van der Waals surface area contributed by atoms with Crippen LogP contribution in [0.15, 0.2) is 18.6 Å². The van der Waals surface area contributed by atoms with Gasteiger partial charge in [-0.1, -0.05) is 0 Å². The van der Waals surface area contributed by atoms with Gasteiger partial charge in [-0.25, -0.2) is 4.98 Å². The van der Waals surface area contributed by atoms with E-state index in [2.05, 4.69) is 26.4 Å². The molecule has 0 bridgehead atoms. The van der Waals surface area contributed by atoms with Crippen LogP contribution in [-0.4, -0.2) is 43.2 Å². The van der Waals surface area contributed by atoms with Gasteiger partial charge >= 0.3 is 0 Å². The highest BCUT2D eigenvalue weighted by Gasteiger charge is 2.31. The van der Waals surface area contributed by atoms with Crippen molar-refractivity contribution in [2.75, 3.05) is 13.1 Å². The second-order valence-electron chi connectivity index (χ2n) is 7.07. The molecular formula is C17H24N6O. The molecule has 7 nitrogen and oxygen atoms in total. The van der Waals surface area contributed by atoms with Crippen molar-refractivity contribution in [3.05, 3.63) is 35.7 Å². The van der Waals surface area contributed by atoms with Crippen LogP contribution >= 0.6 is 0 Å². The lowest BCUT2D eigenvalue weighted by molar-refractivity contribution is -0.125. The van der Waals surface area contributed by atoms with Crippen LogP contribution in [0.1, 0.15) is 36.0 Å². The van der Waals surface area contributed by atoms with Gasteiger partial charge in [0.2, 0.25) is 5.91 Å². The predicted molar refractivity (Wildman–Crippen MR) is 89.1 cm³/mol. The molecule has 0 spiro atoms. The number of carbonyl (C=O) groups excluding carboxylic acids is 1. The Bertz CT molecular complexity index is 744. The number of amides is 1. The summed E-state index contributed by atoms with van der Waals surface area (Å²) in [5.41, 5.74) is 3.28. The molecule has 0 saturated heterocycles. The molecule has 1 atom stereocenters. The average Bonchev–Trinajstić information content (AvgIpc) is 3.17. The normalized spacial score (nSPS) is 20.8. The zero-order chi connectivity index (χ0) is 16.7. The molecule has 0 unspecified atom stereocenters. The molecule has 128 valence electrons. The first-order valence-corrected chi connectivity index (χ1v) is 8.60. The van der Waals surface area contributed by atoms with Crippen molar-refractivity contribution >= 4 is 5.91 Å². The maximum Gasteiger partial charge on any atom is 0.244 e. The molecule has 2 aromatic heterocycles. The van der Waals surface area contributed by atoms with E-state index < -0.39 is 0 Å². The molecule has 1 aliphatic carbocycles. The summed E-state index contributed by atoms with van der Waals surface area (Å²) in [4.78, 5) is 19.2. The summed E-state index contributed by atoms with van der Waals surface area (Å²) in [6.07, 6.45) is 6.13. The molecule has 1 fully saturated rings. The predicted octanol–water partition coefficient (Wildman–Crippen LogP) is 1.01. The Morgan fingerprint density at radius 2 is 2.25 bits per heavy atom. The van der Waals surface area contributed by atoms with Crippen molar-refractivity contribution in [3.8, 4) is 0 Å². The van der Waals surface area contributed by atoms with E-state index in [-0.39, 0.29) is 11.9 Å². The maximum absolute atomic E-state index is 12.7. The summed E-state index contributed by atoms with van der Waals surface area (Å²) in [6, 6.07) is 1.90. The third kappa shape index (κ3) is 3.08. The Morgan fingerprint density at radius 3 is 2.96 bits per heavy atom. The lowest BCUT2D eigenvalue weighted by atomic mass is 10.1. The van der Waals surface area contributed by atoms with Crippen molar-refractivity contribution in [3.63, 3.8) is 0 Å². The number of nitrogens with one attached hydrogen (secondary N) is 1. The van der Waals surface area contributed by atoms with E-state index in [0.29, 0.717) is 12.5 Å². The summed E-state index contributed by atoms with van der Waals surface area (Å²) < 4.78 is 3.94. The van der Waals surface area contributed by atoms with Gasteiger partial charge in [0, 0.05) is 39.4 Å². The van der Waals surface area contributed by atoms with E-state index in [1.165, 1.54) is 12.8 Å². The van der Waals surface area contributed by atoms with Crippen LogP contribution in [0.5, 0.6) is 0 Å². The van der Waals surface area contributed by atoms with Crippen LogP contribution in [0.25, 0.3) is 0 Å². The molecule has 1 aliphatic heterocycles. The monoisotopic (exact) mass is 328 g/mol. The standard InChI is InChI=1S/C17H24N6O/c1-12-5-14(21(2)20-12)8-22-9-15-7-18-11-23(15)16(10-22)17(24)19-6-13-3-4-13/h5,7,11,13,16H,3-4,6,8-10H2,1-2H3,(H,19,24)/t16-/m0/s1. The van der Waals surface area contributed by atoms with Gasteiger partial charge in [-0.3, -0.25) is 14.4 Å². The van der Waals surface area contributed by atoms with E-state index in [9.17, 15) is 4.79 Å². The molecule has 0 aromatic carbocycles. The molecule has 3 heterocycles. The first-order valence-electron chi connectivity index (χ1n) is 8.60. The van der Waals surface area contributed by atoms with Crippen molar-refractivity contribution in [2.45, 2.75) is 38.9 Å². The molecule has 1 saturated carbocycles. The van der Waals surface area contributed by atoms with Crippen LogP contribution in [0.4, 0.5) is 0 Å². The van der Waals surface area contributed by atoms with Gasteiger partial charge < -0.3 is 9.88 Å². The lowest BCUT2D eigenvalue weighted by Gasteiger charge is -2.33. The first kappa shape index (κ1) is 15.4. The highest BCUT2D eigenvalue weighted by molar-refractivity contribution is 5.80. The lowest BCUT2D eigenvalue weighted by Crippen LogP contribution is -2.44. The van der Waals surface area contributed by atoms with Gasteiger partial charge in [-0.2, -0.15) is 5.10 Å². The Hall–Kier alpha value is -2.15. The highest BCUT2D eigenvalue weighted by atomic mass is 16.2. The van der Waals surface area contributed by atoms with E-state index >= 15 is 0 Å². The zero-order valence-corrected chi connectivity index (χ0v) is 14.3. The Balaban J connectivity index is 1.49.